The Bertz CT molecular complexity index is 482. The number of unbranched alkanes of at least 4 members (excludes halogenated alkanes) is 1. The number of rotatable bonds is 10. The highest BCUT2D eigenvalue weighted by Crippen LogP contribution is 2.13. The summed E-state index contributed by atoms with van der Waals surface area (Å²) in [6, 6.07) is 3.12. The lowest BCUT2D eigenvalue weighted by Crippen LogP contribution is -2.18. The molecule has 0 aliphatic carbocycles. The van der Waals surface area contributed by atoms with Gasteiger partial charge in [-0.25, -0.2) is 13.1 Å². The molecule has 0 atom stereocenters. The molecule has 0 fully saturated rings. The Kier molecular flexibility index (Phi) is 7.22. The maximum Gasteiger partial charge on any atom is 0.273 e. The minimum Gasteiger partial charge on any atom is -0.447 e. The SMILES string of the molecule is CNS(=O)(=O)c1ccc(CNCCCCOC(C)C)o1. The molecule has 0 bridgehead atoms. The normalized spacial score (nSPS) is 12.2. The minimum atomic E-state index is -3.49. The summed E-state index contributed by atoms with van der Waals surface area (Å²) in [7, 11) is -2.13. The third kappa shape index (κ3) is 6.04. The van der Waals surface area contributed by atoms with E-state index in [1.165, 1.54) is 13.1 Å². The molecule has 0 amide bonds. The van der Waals surface area contributed by atoms with Gasteiger partial charge in [0.05, 0.1) is 12.6 Å². The van der Waals surface area contributed by atoms with Crippen LogP contribution in [0.15, 0.2) is 21.6 Å². The van der Waals surface area contributed by atoms with Crippen molar-refractivity contribution in [3.05, 3.63) is 17.9 Å². The summed E-state index contributed by atoms with van der Waals surface area (Å²) in [6.07, 6.45) is 2.29. The van der Waals surface area contributed by atoms with E-state index in [2.05, 4.69) is 10.0 Å². The fourth-order valence-electron chi connectivity index (χ4n) is 1.58. The molecule has 2 N–H and O–H groups in total. The predicted molar refractivity (Wildman–Crippen MR) is 77.0 cm³/mol. The molecule has 0 aliphatic heterocycles. The maximum absolute atomic E-state index is 11.5. The van der Waals surface area contributed by atoms with E-state index >= 15 is 0 Å². The smallest absolute Gasteiger partial charge is 0.273 e. The molecule has 6 nitrogen and oxygen atoms in total. The summed E-state index contributed by atoms with van der Waals surface area (Å²) in [6.45, 7) is 6.17. The van der Waals surface area contributed by atoms with Gasteiger partial charge in [0.15, 0.2) is 0 Å². The van der Waals surface area contributed by atoms with Crippen molar-refractivity contribution in [2.75, 3.05) is 20.2 Å². The molecule has 1 heterocycles. The molecule has 20 heavy (non-hydrogen) atoms. The molecule has 7 heteroatoms. The first-order chi connectivity index (χ1) is 9.45. The summed E-state index contributed by atoms with van der Waals surface area (Å²) >= 11 is 0. The molecule has 0 saturated carbocycles. The standard InChI is InChI=1S/C13H24N2O4S/c1-11(2)18-9-5-4-8-15-10-12-6-7-13(19-12)20(16,17)14-3/h6-7,11,14-15H,4-5,8-10H2,1-3H3. The van der Waals surface area contributed by atoms with Gasteiger partial charge in [-0.15, -0.1) is 0 Å². The van der Waals surface area contributed by atoms with Crippen molar-refractivity contribution in [3.63, 3.8) is 0 Å². The molecule has 0 aliphatic rings. The van der Waals surface area contributed by atoms with Gasteiger partial charge in [0, 0.05) is 6.61 Å². The summed E-state index contributed by atoms with van der Waals surface area (Å²) in [5.74, 6) is 0.609. The van der Waals surface area contributed by atoms with Crippen molar-refractivity contribution in [3.8, 4) is 0 Å². The highest BCUT2D eigenvalue weighted by molar-refractivity contribution is 7.89. The second-order valence-electron chi connectivity index (χ2n) is 4.73. The molecule has 0 aromatic carbocycles. The predicted octanol–water partition coefficient (Wildman–Crippen LogP) is 1.48. The summed E-state index contributed by atoms with van der Waals surface area (Å²) in [5, 5.41) is 3.15. The number of hydrogen-bond acceptors (Lipinski definition) is 5. The first-order valence-electron chi connectivity index (χ1n) is 6.80. The van der Waals surface area contributed by atoms with E-state index in [0.29, 0.717) is 12.3 Å². The second kappa shape index (κ2) is 8.41. The lowest BCUT2D eigenvalue weighted by atomic mass is 10.3. The van der Waals surface area contributed by atoms with E-state index < -0.39 is 10.0 Å². The van der Waals surface area contributed by atoms with E-state index in [0.717, 1.165) is 26.0 Å². The third-order valence-electron chi connectivity index (χ3n) is 2.67. The van der Waals surface area contributed by atoms with Crippen LogP contribution in [0.5, 0.6) is 0 Å². The van der Waals surface area contributed by atoms with Gasteiger partial charge in [0.2, 0.25) is 5.09 Å². The van der Waals surface area contributed by atoms with Gasteiger partial charge in [-0.1, -0.05) is 0 Å². The monoisotopic (exact) mass is 304 g/mol. The lowest BCUT2D eigenvalue weighted by Gasteiger charge is -2.07. The van der Waals surface area contributed by atoms with Gasteiger partial charge in [-0.05, 0) is 52.4 Å². The van der Waals surface area contributed by atoms with E-state index in [4.69, 9.17) is 9.15 Å². The van der Waals surface area contributed by atoms with Crippen LogP contribution in [0.2, 0.25) is 0 Å². The fourth-order valence-corrected chi connectivity index (χ4v) is 2.25. The van der Waals surface area contributed by atoms with Gasteiger partial charge in [-0.3, -0.25) is 0 Å². The van der Waals surface area contributed by atoms with Crippen molar-refractivity contribution in [1.29, 1.82) is 0 Å². The first kappa shape index (κ1) is 17.2. The zero-order chi connectivity index (χ0) is 15.0. The van der Waals surface area contributed by atoms with Gasteiger partial charge in [-0.2, -0.15) is 0 Å². The van der Waals surface area contributed by atoms with E-state index in [-0.39, 0.29) is 11.2 Å². The van der Waals surface area contributed by atoms with Crippen LogP contribution in [0.25, 0.3) is 0 Å². The average molecular weight is 304 g/mol. The van der Waals surface area contributed by atoms with Crippen LogP contribution in [-0.4, -0.2) is 34.7 Å². The minimum absolute atomic E-state index is 0.0536. The molecule has 0 spiro atoms. The van der Waals surface area contributed by atoms with Gasteiger partial charge >= 0.3 is 0 Å². The Labute approximate surface area is 120 Å². The number of nitrogens with one attached hydrogen (secondary N) is 2. The van der Waals surface area contributed by atoms with Crippen LogP contribution < -0.4 is 10.0 Å². The van der Waals surface area contributed by atoms with Gasteiger partial charge < -0.3 is 14.5 Å². The largest absolute Gasteiger partial charge is 0.447 e. The van der Waals surface area contributed by atoms with Gasteiger partial charge in [0.25, 0.3) is 10.0 Å². The van der Waals surface area contributed by atoms with Crippen LogP contribution in [0, 0.1) is 0 Å². The van der Waals surface area contributed by atoms with Crippen LogP contribution in [0.4, 0.5) is 0 Å². The zero-order valence-electron chi connectivity index (χ0n) is 12.3. The number of furan rings is 1. The number of hydrogen-bond donors (Lipinski definition) is 2. The summed E-state index contributed by atoms with van der Waals surface area (Å²) in [5.41, 5.74) is 0. The van der Waals surface area contributed by atoms with E-state index in [1.807, 2.05) is 13.8 Å². The molecule has 1 aromatic heterocycles. The molecule has 0 radical (unpaired) electrons. The number of ether oxygens (including phenoxy) is 1. The molecular weight excluding hydrogens is 280 g/mol. The molecule has 116 valence electrons. The Morgan fingerprint density at radius 2 is 2.05 bits per heavy atom. The fraction of sp³-hybridized carbons (Fsp3) is 0.692. The van der Waals surface area contributed by atoms with Crippen LogP contribution in [0.3, 0.4) is 0 Å². The first-order valence-corrected chi connectivity index (χ1v) is 8.28. The highest BCUT2D eigenvalue weighted by Gasteiger charge is 2.15. The maximum atomic E-state index is 11.5. The summed E-state index contributed by atoms with van der Waals surface area (Å²) in [4.78, 5) is 0. The Balaban J connectivity index is 2.20. The topological polar surface area (TPSA) is 80.6 Å². The molecule has 0 saturated heterocycles. The van der Waals surface area contributed by atoms with Crippen LogP contribution in [0.1, 0.15) is 32.4 Å². The average Bonchev–Trinajstić information content (AvgIpc) is 2.87. The molecular formula is C13H24N2O4S. The Morgan fingerprint density at radius 1 is 1.30 bits per heavy atom. The van der Waals surface area contributed by atoms with E-state index in [9.17, 15) is 8.42 Å². The highest BCUT2D eigenvalue weighted by atomic mass is 32.2. The molecule has 1 rings (SSSR count). The Hall–Kier alpha value is -0.890. The van der Waals surface area contributed by atoms with Crippen molar-refractivity contribution in [2.45, 2.75) is 44.4 Å². The lowest BCUT2D eigenvalue weighted by molar-refractivity contribution is 0.0760. The molecule has 1 aromatic rings. The van der Waals surface area contributed by atoms with Crippen molar-refractivity contribution in [2.24, 2.45) is 0 Å². The van der Waals surface area contributed by atoms with Crippen LogP contribution in [-0.2, 0) is 21.3 Å². The second-order valence-corrected chi connectivity index (χ2v) is 6.55. The van der Waals surface area contributed by atoms with Crippen molar-refractivity contribution in [1.82, 2.24) is 10.0 Å². The number of sulfonamides is 1. The zero-order valence-corrected chi connectivity index (χ0v) is 13.1. The van der Waals surface area contributed by atoms with Crippen molar-refractivity contribution < 1.29 is 17.6 Å². The van der Waals surface area contributed by atoms with Gasteiger partial charge in [0.1, 0.15) is 5.76 Å². The summed E-state index contributed by atoms with van der Waals surface area (Å²) < 4.78 is 35.9. The quantitative estimate of drug-likeness (QED) is 0.640. The third-order valence-corrected chi connectivity index (χ3v) is 3.96. The van der Waals surface area contributed by atoms with Crippen LogP contribution >= 0.6 is 0 Å². The molecule has 0 unspecified atom stereocenters. The Morgan fingerprint density at radius 3 is 2.70 bits per heavy atom. The van der Waals surface area contributed by atoms with E-state index in [1.54, 1.807) is 6.07 Å². The van der Waals surface area contributed by atoms with Crippen molar-refractivity contribution >= 4 is 10.0 Å².